The molecule has 0 heterocycles. The number of aliphatic hydroxyl groups is 1. The summed E-state index contributed by atoms with van der Waals surface area (Å²) < 4.78 is 0. The molecular weight excluding hydrogens is 270 g/mol. The Morgan fingerprint density at radius 3 is 2.70 bits per heavy atom. The van der Waals surface area contributed by atoms with Gasteiger partial charge in [0.25, 0.3) is 0 Å². The summed E-state index contributed by atoms with van der Waals surface area (Å²) in [6.07, 6.45) is 4.86. The van der Waals surface area contributed by atoms with E-state index in [2.05, 4.69) is 17.4 Å². The van der Waals surface area contributed by atoms with Crippen molar-refractivity contribution in [2.24, 2.45) is 5.92 Å². The lowest BCUT2D eigenvalue weighted by Crippen LogP contribution is -2.48. The van der Waals surface area contributed by atoms with E-state index < -0.39 is 0 Å². The Balaban J connectivity index is 1.92. The molecule has 2 rings (SSSR count). The number of rotatable bonds is 7. The molecule has 0 radical (unpaired) electrons. The van der Waals surface area contributed by atoms with Gasteiger partial charge in [-0.15, -0.1) is 0 Å². The lowest BCUT2D eigenvalue weighted by atomic mass is 9.75. The zero-order chi connectivity index (χ0) is 14.4. The van der Waals surface area contributed by atoms with Crippen molar-refractivity contribution in [2.75, 3.05) is 12.0 Å². The summed E-state index contributed by atoms with van der Waals surface area (Å²) >= 11 is 1.69. The minimum absolute atomic E-state index is 0.127. The average Bonchev–Trinajstić information content (AvgIpc) is 2.42. The molecule has 0 bridgehead atoms. The summed E-state index contributed by atoms with van der Waals surface area (Å²) in [5.74, 6) is 1.39. The van der Waals surface area contributed by atoms with Gasteiger partial charge in [-0.25, -0.2) is 0 Å². The van der Waals surface area contributed by atoms with Crippen LogP contribution in [-0.4, -0.2) is 35.2 Å². The highest BCUT2D eigenvalue weighted by atomic mass is 32.2. The maximum atomic E-state index is 11.9. The number of hydrogen-bond acceptors (Lipinski definition) is 3. The number of hydrogen-bond donors (Lipinski definition) is 2. The van der Waals surface area contributed by atoms with Crippen molar-refractivity contribution in [1.82, 2.24) is 5.32 Å². The minimum Gasteiger partial charge on any atom is -0.393 e. The molecule has 0 saturated heterocycles. The van der Waals surface area contributed by atoms with Gasteiger partial charge in [-0.3, -0.25) is 4.79 Å². The molecule has 1 fully saturated rings. The first-order valence-corrected chi connectivity index (χ1v) is 8.58. The first-order chi connectivity index (χ1) is 9.69. The zero-order valence-electron chi connectivity index (χ0n) is 11.9. The highest BCUT2D eigenvalue weighted by molar-refractivity contribution is 7.98. The molecule has 3 nitrogen and oxygen atoms in total. The van der Waals surface area contributed by atoms with Crippen molar-refractivity contribution < 1.29 is 9.90 Å². The smallest absolute Gasteiger partial charge is 0.221 e. The molecule has 1 aromatic carbocycles. The van der Waals surface area contributed by atoms with Gasteiger partial charge in [-0.1, -0.05) is 30.3 Å². The minimum atomic E-state index is -0.179. The van der Waals surface area contributed by atoms with E-state index in [1.807, 2.05) is 24.5 Å². The summed E-state index contributed by atoms with van der Waals surface area (Å²) in [6.45, 7) is 0. The van der Waals surface area contributed by atoms with Crippen molar-refractivity contribution in [3.63, 3.8) is 0 Å². The molecular formula is C16H23NO2S. The molecule has 1 atom stereocenters. The van der Waals surface area contributed by atoms with Crippen LogP contribution in [-0.2, 0) is 11.2 Å². The highest BCUT2D eigenvalue weighted by Crippen LogP contribution is 2.31. The Kier molecular flexibility index (Phi) is 5.92. The molecule has 1 saturated carbocycles. The number of amides is 1. The van der Waals surface area contributed by atoms with Crippen LogP contribution in [0.1, 0.15) is 24.8 Å². The third-order valence-electron chi connectivity index (χ3n) is 3.90. The predicted octanol–water partition coefficient (Wildman–Crippen LogP) is 2.24. The van der Waals surface area contributed by atoms with Crippen LogP contribution in [0.25, 0.3) is 0 Å². The number of carbonyl (C=O) groups is 1. The quantitative estimate of drug-likeness (QED) is 0.810. The molecule has 1 unspecified atom stereocenters. The molecule has 110 valence electrons. The zero-order valence-corrected chi connectivity index (χ0v) is 12.7. The van der Waals surface area contributed by atoms with E-state index in [1.54, 1.807) is 11.8 Å². The molecule has 0 aromatic heterocycles. The first-order valence-electron chi connectivity index (χ1n) is 7.19. The molecule has 1 aliphatic rings. The van der Waals surface area contributed by atoms with Crippen molar-refractivity contribution in [2.45, 2.75) is 37.8 Å². The summed E-state index contributed by atoms with van der Waals surface area (Å²) in [6, 6.07) is 10.4. The van der Waals surface area contributed by atoms with Gasteiger partial charge in [0.15, 0.2) is 0 Å². The van der Waals surface area contributed by atoms with Crippen LogP contribution >= 0.6 is 11.8 Å². The number of benzene rings is 1. The summed E-state index contributed by atoms with van der Waals surface area (Å²) in [4.78, 5) is 11.9. The Morgan fingerprint density at radius 2 is 2.10 bits per heavy atom. The maximum absolute atomic E-state index is 11.9. The number of carbonyl (C=O) groups excluding carboxylic acids is 1. The molecule has 1 aliphatic carbocycles. The van der Waals surface area contributed by atoms with Crippen molar-refractivity contribution >= 4 is 17.7 Å². The fourth-order valence-electron chi connectivity index (χ4n) is 2.64. The van der Waals surface area contributed by atoms with E-state index in [0.717, 1.165) is 25.0 Å². The Morgan fingerprint density at radius 1 is 1.40 bits per heavy atom. The molecule has 0 spiro atoms. The predicted molar refractivity (Wildman–Crippen MR) is 83.8 cm³/mol. The van der Waals surface area contributed by atoms with E-state index in [1.165, 1.54) is 5.56 Å². The van der Waals surface area contributed by atoms with E-state index in [4.69, 9.17) is 0 Å². The lowest BCUT2D eigenvalue weighted by Gasteiger charge is -2.38. The van der Waals surface area contributed by atoms with Crippen LogP contribution in [0.3, 0.4) is 0 Å². The van der Waals surface area contributed by atoms with E-state index in [-0.39, 0.29) is 18.1 Å². The monoisotopic (exact) mass is 293 g/mol. The third kappa shape index (κ3) is 4.53. The van der Waals surface area contributed by atoms with E-state index in [9.17, 15) is 9.90 Å². The van der Waals surface area contributed by atoms with E-state index >= 15 is 0 Å². The fraction of sp³-hybridized carbons (Fsp3) is 0.562. The van der Waals surface area contributed by atoms with Crippen LogP contribution in [0.4, 0.5) is 0 Å². The number of thioether (sulfide) groups is 1. The van der Waals surface area contributed by atoms with Gasteiger partial charge in [0, 0.05) is 18.2 Å². The van der Waals surface area contributed by atoms with Gasteiger partial charge in [0.05, 0.1) is 6.10 Å². The summed E-state index contributed by atoms with van der Waals surface area (Å²) in [5, 5.41) is 12.7. The topological polar surface area (TPSA) is 49.3 Å². The van der Waals surface area contributed by atoms with Gasteiger partial charge in [0.2, 0.25) is 5.91 Å². The first kappa shape index (κ1) is 15.4. The van der Waals surface area contributed by atoms with Crippen molar-refractivity contribution in [3.8, 4) is 0 Å². The fourth-order valence-corrected chi connectivity index (χ4v) is 3.03. The third-order valence-corrected chi connectivity index (χ3v) is 4.51. The van der Waals surface area contributed by atoms with Crippen LogP contribution in [0, 0.1) is 5.92 Å². The molecule has 4 heteroatoms. The Bertz CT molecular complexity index is 418. The SMILES string of the molecule is CSCCC(=O)NC(Cc1ccccc1)C1CC(O)C1. The second-order valence-corrected chi connectivity index (χ2v) is 6.48. The Hall–Kier alpha value is -1.00. The second kappa shape index (κ2) is 7.70. The van der Waals surface area contributed by atoms with Gasteiger partial charge >= 0.3 is 0 Å². The summed E-state index contributed by atoms with van der Waals surface area (Å²) in [7, 11) is 0. The van der Waals surface area contributed by atoms with Crippen LogP contribution < -0.4 is 5.32 Å². The van der Waals surface area contributed by atoms with Crippen molar-refractivity contribution in [1.29, 1.82) is 0 Å². The van der Waals surface area contributed by atoms with E-state index in [0.29, 0.717) is 12.3 Å². The number of aliphatic hydroxyl groups excluding tert-OH is 1. The molecule has 1 amide bonds. The van der Waals surface area contributed by atoms with Gasteiger partial charge in [0.1, 0.15) is 0 Å². The normalized spacial score (nSPS) is 22.9. The second-order valence-electron chi connectivity index (χ2n) is 5.49. The molecule has 20 heavy (non-hydrogen) atoms. The maximum Gasteiger partial charge on any atom is 0.221 e. The molecule has 2 N–H and O–H groups in total. The average molecular weight is 293 g/mol. The highest BCUT2D eigenvalue weighted by Gasteiger charge is 2.34. The number of nitrogens with one attached hydrogen (secondary N) is 1. The van der Waals surface area contributed by atoms with Gasteiger partial charge in [-0.2, -0.15) is 11.8 Å². The van der Waals surface area contributed by atoms with Gasteiger partial charge < -0.3 is 10.4 Å². The lowest BCUT2D eigenvalue weighted by molar-refractivity contribution is -0.122. The molecule has 1 aromatic rings. The van der Waals surface area contributed by atoms with Crippen LogP contribution in [0.15, 0.2) is 30.3 Å². The largest absolute Gasteiger partial charge is 0.393 e. The van der Waals surface area contributed by atoms with Crippen molar-refractivity contribution in [3.05, 3.63) is 35.9 Å². The summed E-state index contributed by atoms with van der Waals surface area (Å²) in [5.41, 5.74) is 1.24. The van der Waals surface area contributed by atoms with Crippen LogP contribution in [0.5, 0.6) is 0 Å². The van der Waals surface area contributed by atoms with Crippen LogP contribution in [0.2, 0.25) is 0 Å². The molecule has 0 aliphatic heterocycles. The Labute approximate surface area is 125 Å². The standard InChI is InChI=1S/C16H23NO2S/c1-20-8-7-16(19)17-15(13-10-14(18)11-13)9-12-5-3-2-4-6-12/h2-6,13-15,18H,7-11H2,1H3,(H,17,19). The van der Waals surface area contributed by atoms with Gasteiger partial charge in [-0.05, 0) is 37.0 Å².